The van der Waals surface area contributed by atoms with E-state index in [1.54, 1.807) is 37.3 Å². The summed E-state index contributed by atoms with van der Waals surface area (Å²) in [6.45, 7) is 3.18. The Bertz CT molecular complexity index is 740. The van der Waals surface area contributed by atoms with Crippen molar-refractivity contribution in [1.82, 2.24) is 15.5 Å². The van der Waals surface area contributed by atoms with Gasteiger partial charge in [-0.2, -0.15) is 0 Å². The number of piperidine rings is 1. The Morgan fingerprint density at radius 1 is 1.32 bits per heavy atom. The summed E-state index contributed by atoms with van der Waals surface area (Å²) < 4.78 is 13.9. The molecule has 2 atom stereocenters. The van der Waals surface area contributed by atoms with Gasteiger partial charge in [0.25, 0.3) is 0 Å². The van der Waals surface area contributed by atoms with Crippen LogP contribution in [0.15, 0.2) is 36.4 Å². The number of carbonyl (C=O) groups is 1. The summed E-state index contributed by atoms with van der Waals surface area (Å²) in [4.78, 5) is 14.6. The van der Waals surface area contributed by atoms with Crippen LogP contribution in [-0.2, 0) is 4.79 Å². The Kier molecular flexibility index (Phi) is 5.48. The van der Waals surface area contributed by atoms with Gasteiger partial charge < -0.3 is 10.2 Å². The number of carbonyl (C=O) groups excluding carboxylic acids is 1. The van der Waals surface area contributed by atoms with Crippen LogP contribution in [0.4, 0.5) is 10.2 Å². The lowest BCUT2D eigenvalue weighted by molar-refractivity contribution is -0.125. The number of rotatable bonds is 4. The van der Waals surface area contributed by atoms with Gasteiger partial charge in [-0.15, -0.1) is 10.2 Å². The van der Waals surface area contributed by atoms with E-state index in [1.165, 1.54) is 6.07 Å². The average molecular weight is 363 g/mol. The van der Waals surface area contributed by atoms with Gasteiger partial charge in [0.05, 0.1) is 12.0 Å². The standard InChI is InChI=1S/C18H20ClFN4O/c1-12(14-6-2-3-7-15(14)20)21-18(25)13-5-4-10-24(11-13)17-9-8-16(19)22-23-17/h2-3,6-9,12-13H,4-5,10-11H2,1H3,(H,21,25)/t12-,13+/m1/s1. The van der Waals surface area contributed by atoms with E-state index in [2.05, 4.69) is 15.5 Å². The number of amides is 1. The summed E-state index contributed by atoms with van der Waals surface area (Å²) in [7, 11) is 0. The van der Waals surface area contributed by atoms with Gasteiger partial charge in [0.15, 0.2) is 11.0 Å². The molecule has 0 unspecified atom stereocenters. The van der Waals surface area contributed by atoms with E-state index in [9.17, 15) is 9.18 Å². The molecule has 7 heteroatoms. The van der Waals surface area contributed by atoms with Gasteiger partial charge in [-0.3, -0.25) is 4.79 Å². The lowest BCUT2D eigenvalue weighted by atomic mass is 9.96. The zero-order chi connectivity index (χ0) is 17.8. The fourth-order valence-corrected chi connectivity index (χ4v) is 3.21. The summed E-state index contributed by atoms with van der Waals surface area (Å²) in [6.07, 6.45) is 1.68. The Morgan fingerprint density at radius 2 is 2.12 bits per heavy atom. The van der Waals surface area contributed by atoms with Crippen molar-refractivity contribution in [3.05, 3.63) is 52.9 Å². The maximum Gasteiger partial charge on any atom is 0.225 e. The van der Waals surface area contributed by atoms with E-state index >= 15 is 0 Å². The second kappa shape index (κ2) is 7.78. The first-order chi connectivity index (χ1) is 12.0. The van der Waals surface area contributed by atoms with Crippen LogP contribution in [0.1, 0.15) is 31.4 Å². The van der Waals surface area contributed by atoms with Gasteiger partial charge in [0.2, 0.25) is 5.91 Å². The van der Waals surface area contributed by atoms with Gasteiger partial charge in [-0.1, -0.05) is 29.8 Å². The minimum absolute atomic E-state index is 0.0672. The molecule has 0 bridgehead atoms. The third-order valence-electron chi connectivity index (χ3n) is 4.46. The average Bonchev–Trinajstić information content (AvgIpc) is 2.62. The van der Waals surface area contributed by atoms with Crippen molar-refractivity contribution in [2.75, 3.05) is 18.0 Å². The molecule has 1 fully saturated rings. The fraction of sp³-hybridized carbons (Fsp3) is 0.389. The van der Waals surface area contributed by atoms with Crippen molar-refractivity contribution in [2.45, 2.75) is 25.8 Å². The minimum Gasteiger partial charge on any atom is -0.354 e. The molecule has 0 aliphatic carbocycles. The lowest BCUT2D eigenvalue weighted by Crippen LogP contribution is -2.44. The molecular formula is C18H20ClFN4O. The van der Waals surface area contributed by atoms with Gasteiger partial charge in [0.1, 0.15) is 5.82 Å². The fourth-order valence-electron chi connectivity index (χ4n) is 3.11. The van der Waals surface area contributed by atoms with Crippen molar-refractivity contribution < 1.29 is 9.18 Å². The van der Waals surface area contributed by atoms with E-state index in [1.807, 2.05) is 4.90 Å². The van der Waals surface area contributed by atoms with Crippen LogP contribution >= 0.6 is 11.6 Å². The maximum absolute atomic E-state index is 13.9. The highest BCUT2D eigenvalue weighted by molar-refractivity contribution is 6.29. The second-order valence-electron chi connectivity index (χ2n) is 6.25. The van der Waals surface area contributed by atoms with E-state index in [0.717, 1.165) is 19.4 Å². The third kappa shape index (κ3) is 4.25. The van der Waals surface area contributed by atoms with Crippen LogP contribution in [0.2, 0.25) is 5.15 Å². The van der Waals surface area contributed by atoms with Gasteiger partial charge in [-0.25, -0.2) is 4.39 Å². The number of nitrogens with zero attached hydrogens (tertiary/aromatic N) is 3. The maximum atomic E-state index is 13.9. The van der Waals surface area contributed by atoms with Gasteiger partial charge >= 0.3 is 0 Å². The number of nitrogens with one attached hydrogen (secondary N) is 1. The molecule has 1 amide bonds. The van der Waals surface area contributed by atoms with Crippen molar-refractivity contribution in [3.63, 3.8) is 0 Å². The van der Waals surface area contributed by atoms with Crippen LogP contribution in [0.5, 0.6) is 0 Å². The van der Waals surface area contributed by atoms with Crippen molar-refractivity contribution >= 4 is 23.3 Å². The molecule has 0 radical (unpaired) electrons. The second-order valence-corrected chi connectivity index (χ2v) is 6.64. The molecule has 0 spiro atoms. The summed E-state index contributed by atoms with van der Waals surface area (Å²) >= 11 is 5.77. The molecular weight excluding hydrogens is 343 g/mol. The summed E-state index contributed by atoms with van der Waals surface area (Å²) in [6, 6.07) is 9.61. The Balaban J connectivity index is 1.64. The molecule has 132 valence electrons. The van der Waals surface area contributed by atoms with Crippen LogP contribution in [-0.4, -0.2) is 29.2 Å². The van der Waals surface area contributed by atoms with E-state index < -0.39 is 0 Å². The summed E-state index contributed by atoms with van der Waals surface area (Å²) in [5.74, 6) is 0.170. The highest BCUT2D eigenvalue weighted by atomic mass is 35.5. The number of hydrogen-bond donors (Lipinski definition) is 1. The topological polar surface area (TPSA) is 58.1 Å². The van der Waals surface area contributed by atoms with Crippen molar-refractivity contribution in [1.29, 1.82) is 0 Å². The largest absolute Gasteiger partial charge is 0.354 e. The van der Waals surface area contributed by atoms with Crippen LogP contribution < -0.4 is 10.2 Å². The van der Waals surface area contributed by atoms with E-state index in [4.69, 9.17) is 11.6 Å². The van der Waals surface area contributed by atoms with Crippen LogP contribution in [0, 0.1) is 11.7 Å². The zero-order valence-electron chi connectivity index (χ0n) is 14.0. The molecule has 2 aromatic rings. The molecule has 1 aromatic carbocycles. The molecule has 1 aromatic heterocycles. The summed E-state index contributed by atoms with van der Waals surface area (Å²) in [5.41, 5.74) is 0.493. The Morgan fingerprint density at radius 3 is 2.84 bits per heavy atom. The van der Waals surface area contributed by atoms with Crippen molar-refractivity contribution in [3.8, 4) is 0 Å². The predicted octanol–water partition coefficient (Wildman–Crippen LogP) is 3.36. The number of anilines is 1. The highest BCUT2D eigenvalue weighted by Crippen LogP contribution is 2.23. The van der Waals surface area contributed by atoms with Crippen LogP contribution in [0.3, 0.4) is 0 Å². The van der Waals surface area contributed by atoms with Gasteiger partial charge in [-0.05, 0) is 38.0 Å². The molecule has 3 rings (SSSR count). The third-order valence-corrected chi connectivity index (χ3v) is 4.67. The first-order valence-electron chi connectivity index (χ1n) is 8.33. The molecule has 2 heterocycles. The minimum atomic E-state index is -0.376. The number of hydrogen-bond acceptors (Lipinski definition) is 4. The van der Waals surface area contributed by atoms with Crippen LogP contribution in [0.25, 0.3) is 0 Å². The monoisotopic (exact) mass is 362 g/mol. The highest BCUT2D eigenvalue weighted by Gasteiger charge is 2.28. The Hall–Kier alpha value is -2.21. The quantitative estimate of drug-likeness (QED) is 0.906. The number of benzene rings is 1. The molecule has 1 aliphatic heterocycles. The Labute approximate surface area is 151 Å². The first kappa shape index (κ1) is 17.6. The number of aromatic nitrogens is 2. The molecule has 0 saturated carbocycles. The normalized spacial score (nSPS) is 18.7. The summed E-state index contributed by atoms with van der Waals surface area (Å²) in [5, 5.41) is 11.2. The molecule has 5 nitrogen and oxygen atoms in total. The zero-order valence-corrected chi connectivity index (χ0v) is 14.7. The predicted molar refractivity (Wildman–Crippen MR) is 94.9 cm³/mol. The lowest BCUT2D eigenvalue weighted by Gasteiger charge is -2.33. The van der Waals surface area contributed by atoms with E-state index in [-0.39, 0.29) is 23.7 Å². The molecule has 1 N–H and O–H groups in total. The van der Waals surface area contributed by atoms with Gasteiger partial charge in [0, 0.05) is 18.7 Å². The van der Waals surface area contributed by atoms with Crippen molar-refractivity contribution in [2.24, 2.45) is 5.92 Å². The number of halogens is 2. The molecule has 25 heavy (non-hydrogen) atoms. The molecule has 1 aliphatic rings. The first-order valence-corrected chi connectivity index (χ1v) is 8.71. The smallest absolute Gasteiger partial charge is 0.225 e. The van der Waals surface area contributed by atoms with E-state index in [0.29, 0.717) is 23.1 Å². The SMILES string of the molecule is C[C@@H](NC(=O)[C@H]1CCCN(c2ccc(Cl)nn2)C1)c1ccccc1F. The molecule has 1 saturated heterocycles.